The number of nitrogens with zero attached hydrogens (tertiary/aromatic N) is 2. The molecule has 0 saturated heterocycles. The van der Waals surface area contributed by atoms with Gasteiger partial charge in [-0.25, -0.2) is 4.79 Å². The molecule has 20 heavy (non-hydrogen) atoms. The number of carbonyl (C=O) groups is 1. The van der Waals surface area contributed by atoms with E-state index in [4.69, 9.17) is 5.11 Å². The molecule has 0 atom stereocenters. The normalized spacial score (nSPS) is 10.4. The molecule has 1 aromatic carbocycles. The van der Waals surface area contributed by atoms with E-state index in [0.29, 0.717) is 12.1 Å². The topological polar surface area (TPSA) is 105 Å². The smallest absolute Gasteiger partial charge is 0.343 e. The van der Waals surface area contributed by atoms with Gasteiger partial charge in [0.05, 0.1) is 10.4 Å². The Bertz CT molecular complexity index is 628. The molecule has 2 rings (SSSR count). The Kier molecular flexibility index (Phi) is 4.38. The van der Waals surface area contributed by atoms with Crippen LogP contribution in [-0.4, -0.2) is 21.0 Å². The van der Waals surface area contributed by atoms with Crippen LogP contribution in [0.2, 0.25) is 0 Å². The zero-order valence-electron chi connectivity index (χ0n) is 10.3. The van der Waals surface area contributed by atoms with E-state index in [1.807, 2.05) is 0 Å². The number of benzene rings is 1. The van der Waals surface area contributed by atoms with Crippen LogP contribution in [0.25, 0.3) is 0 Å². The number of nitro groups is 1. The van der Waals surface area contributed by atoms with Crippen molar-refractivity contribution in [1.29, 1.82) is 0 Å². The van der Waals surface area contributed by atoms with E-state index in [-0.39, 0.29) is 12.1 Å². The van der Waals surface area contributed by atoms with Crippen LogP contribution in [0.5, 0.6) is 0 Å². The van der Waals surface area contributed by atoms with E-state index in [0.717, 1.165) is 4.88 Å². The molecule has 2 N–H and O–H groups in total. The molecule has 0 bridgehead atoms. The maximum Gasteiger partial charge on any atom is 0.343 e. The molecule has 2 aromatic rings. The number of thiazole rings is 1. The van der Waals surface area contributed by atoms with Gasteiger partial charge in [0.1, 0.15) is 5.56 Å². The summed E-state index contributed by atoms with van der Waals surface area (Å²) in [6.45, 7) is 0.771. The first kappa shape index (κ1) is 14.1. The van der Waals surface area contributed by atoms with E-state index in [2.05, 4.69) is 10.3 Å². The average Bonchev–Trinajstić information content (AvgIpc) is 2.91. The number of nitro benzene ring substituents is 1. The van der Waals surface area contributed by atoms with Gasteiger partial charge in [0.2, 0.25) is 0 Å². The molecule has 0 saturated carbocycles. The second-order valence-corrected chi connectivity index (χ2v) is 4.92. The predicted molar refractivity (Wildman–Crippen MR) is 72.7 cm³/mol. The molecule has 0 aliphatic heterocycles. The molecule has 0 radical (unpaired) electrons. The lowest BCUT2D eigenvalue weighted by Crippen LogP contribution is -2.16. The van der Waals surface area contributed by atoms with Crippen molar-refractivity contribution in [2.45, 2.75) is 13.1 Å². The van der Waals surface area contributed by atoms with E-state index in [1.54, 1.807) is 17.8 Å². The highest BCUT2D eigenvalue weighted by atomic mass is 32.1. The van der Waals surface area contributed by atoms with Gasteiger partial charge in [0, 0.05) is 30.2 Å². The quantitative estimate of drug-likeness (QED) is 0.623. The monoisotopic (exact) mass is 293 g/mol. The lowest BCUT2D eigenvalue weighted by molar-refractivity contribution is -0.385. The van der Waals surface area contributed by atoms with Gasteiger partial charge in [-0.2, -0.15) is 0 Å². The molecule has 7 nitrogen and oxygen atoms in total. The number of hydrogen-bond acceptors (Lipinski definition) is 6. The third-order valence-electron chi connectivity index (χ3n) is 2.64. The Morgan fingerprint density at radius 2 is 2.25 bits per heavy atom. The largest absolute Gasteiger partial charge is 0.477 e. The van der Waals surface area contributed by atoms with Crippen LogP contribution in [0.15, 0.2) is 29.9 Å². The van der Waals surface area contributed by atoms with Gasteiger partial charge in [-0.1, -0.05) is 12.1 Å². The summed E-state index contributed by atoms with van der Waals surface area (Å²) in [5, 5.41) is 23.0. The van der Waals surface area contributed by atoms with Gasteiger partial charge in [0.15, 0.2) is 0 Å². The minimum absolute atomic E-state index is 0.237. The van der Waals surface area contributed by atoms with Crippen LogP contribution in [0, 0.1) is 10.1 Å². The molecule has 0 aliphatic carbocycles. The summed E-state index contributed by atoms with van der Waals surface area (Å²) in [4.78, 5) is 26.3. The second kappa shape index (κ2) is 6.22. The highest BCUT2D eigenvalue weighted by molar-refractivity contribution is 7.09. The number of rotatable bonds is 6. The molecular formula is C12H11N3O4S. The molecule has 0 unspecified atom stereocenters. The Balaban J connectivity index is 2.16. The number of hydrogen-bond donors (Lipinski definition) is 2. The number of carboxylic acids is 1. The van der Waals surface area contributed by atoms with E-state index in [9.17, 15) is 14.9 Å². The third kappa shape index (κ3) is 3.16. The van der Waals surface area contributed by atoms with E-state index in [1.165, 1.54) is 23.5 Å². The van der Waals surface area contributed by atoms with Gasteiger partial charge >= 0.3 is 5.97 Å². The first-order chi connectivity index (χ1) is 9.59. The molecule has 0 spiro atoms. The van der Waals surface area contributed by atoms with Crippen molar-refractivity contribution in [3.8, 4) is 0 Å². The SMILES string of the molecule is O=C(O)c1c(CNCc2cncs2)cccc1[N+](=O)[O-]. The summed E-state index contributed by atoms with van der Waals surface area (Å²) >= 11 is 1.48. The van der Waals surface area contributed by atoms with Crippen LogP contribution in [0.3, 0.4) is 0 Å². The van der Waals surface area contributed by atoms with Crippen molar-refractivity contribution in [2.75, 3.05) is 0 Å². The molecule has 0 aliphatic rings. The van der Waals surface area contributed by atoms with Crippen molar-refractivity contribution in [3.63, 3.8) is 0 Å². The number of nitrogens with one attached hydrogen (secondary N) is 1. The summed E-state index contributed by atoms with van der Waals surface area (Å²) < 4.78 is 0. The molecule has 1 heterocycles. The minimum Gasteiger partial charge on any atom is -0.477 e. The highest BCUT2D eigenvalue weighted by Crippen LogP contribution is 2.22. The van der Waals surface area contributed by atoms with Gasteiger partial charge < -0.3 is 10.4 Å². The molecule has 104 valence electrons. The van der Waals surface area contributed by atoms with E-state index >= 15 is 0 Å². The van der Waals surface area contributed by atoms with Crippen LogP contribution >= 0.6 is 11.3 Å². The Morgan fingerprint density at radius 1 is 1.45 bits per heavy atom. The van der Waals surface area contributed by atoms with Gasteiger partial charge in [-0.15, -0.1) is 11.3 Å². The first-order valence-corrected chi connectivity index (χ1v) is 6.55. The Hall–Kier alpha value is -2.32. The van der Waals surface area contributed by atoms with Crippen molar-refractivity contribution in [1.82, 2.24) is 10.3 Å². The summed E-state index contributed by atoms with van der Waals surface area (Å²) in [5.41, 5.74) is 1.42. The fourth-order valence-corrected chi connectivity index (χ4v) is 2.35. The number of aromatic nitrogens is 1. The lowest BCUT2D eigenvalue weighted by Gasteiger charge is -2.07. The fourth-order valence-electron chi connectivity index (χ4n) is 1.78. The van der Waals surface area contributed by atoms with Crippen molar-refractivity contribution < 1.29 is 14.8 Å². The summed E-state index contributed by atoms with van der Waals surface area (Å²) in [6, 6.07) is 4.24. The molecule has 8 heteroatoms. The maximum absolute atomic E-state index is 11.2. The third-order valence-corrected chi connectivity index (χ3v) is 3.42. The molecular weight excluding hydrogens is 282 g/mol. The fraction of sp³-hybridized carbons (Fsp3) is 0.167. The van der Waals surface area contributed by atoms with Gasteiger partial charge in [-0.3, -0.25) is 15.1 Å². The number of aromatic carboxylic acids is 1. The summed E-state index contributed by atoms with van der Waals surface area (Å²) in [7, 11) is 0. The zero-order valence-corrected chi connectivity index (χ0v) is 11.1. The van der Waals surface area contributed by atoms with Gasteiger partial charge in [-0.05, 0) is 5.56 Å². The van der Waals surface area contributed by atoms with Crippen molar-refractivity contribution in [2.24, 2.45) is 0 Å². The highest BCUT2D eigenvalue weighted by Gasteiger charge is 2.22. The predicted octanol–water partition coefficient (Wildman–Crippen LogP) is 2.04. The number of carboxylic acid groups (broad SMARTS) is 1. The molecule has 1 aromatic heterocycles. The van der Waals surface area contributed by atoms with Crippen molar-refractivity contribution >= 4 is 23.0 Å². The summed E-state index contributed by atoms with van der Waals surface area (Å²) in [6.07, 6.45) is 1.71. The molecule has 0 fully saturated rings. The standard InChI is InChI=1S/C12H11N3O4S/c16-12(17)11-8(2-1-3-10(11)15(18)19)4-13-5-9-6-14-7-20-9/h1-3,6-7,13H,4-5H2,(H,16,17). The van der Waals surface area contributed by atoms with E-state index < -0.39 is 16.6 Å². The van der Waals surface area contributed by atoms with Crippen LogP contribution < -0.4 is 5.32 Å². The average molecular weight is 293 g/mol. The lowest BCUT2D eigenvalue weighted by atomic mass is 10.1. The van der Waals surface area contributed by atoms with Gasteiger partial charge in [0.25, 0.3) is 5.69 Å². The maximum atomic E-state index is 11.2. The summed E-state index contributed by atoms with van der Waals surface area (Å²) in [5.74, 6) is -1.30. The minimum atomic E-state index is -1.30. The van der Waals surface area contributed by atoms with Crippen LogP contribution in [-0.2, 0) is 13.1 Å². The zero-order chi connectivity index (χ0) is 14.5. The first-order valence-electron chi connectivity index (χ1n) is 5.67. The van der Waals surface area contributed by atoms with Crippen LogP contribution in [0.1, 0.15) is 20.8 Å². The second-order valence-electron chi connectivity index (χ2n) is 3.94. The Labute approximate surface area is 118 Å². The molecule has 0 amide bonds. The Morgan fingerprint density at radius 3 is 2.85 bits per heavy atom. The van der Waals surface area contributed by atoms with Crippen molar-refractivity contribution in [3.05, 3.63) is 56.0 Å². The van der Waals surface area contributed by atoms with Crippen LogP contribution in [0.4, 0.5) is 5.69 Å².